The van der Waals surface area contributed by atoms with Crippen molar-refractivity contribution in [3.63, 3.8) is 0 Å². The average molecular weight is 565 g/mol. The quantitative estimate of drug-likeness (QED) is 0.168. The molecule has 0 spiro atoms. The Morgan fingerprint density at radius 2 is 1.80 bits per heavy atom. The first-order chi connectivity index (χ1) is 19.2. The number of nitrogens with one attached hydrogen (secondary N) is 2. The highest BCUT2D eigenvalue weighted by molar-refractivity contribution is 6.39. The van der Waals surface area contributed by atoms with Gasteiger partial charge in [0.2, 0.25) is 0 Å². The zero-order valence-corrected chi connectivity index (χ0v) is 21.6. The molecular formula is C27H21ClN4O8. The second kappa shape index (κ2) is 12.1. The van der Waals surface area contributed by atoms with Crippen LogP contribution >= 0.6 is 11.6 Å². The average Bonchev–Trinajstić information content (AvgIpc) is 2.92. The van der Waals surface area contributed by atoms with E-state index < -0.39 is 28.7 Å². The van der Waals surface area contributed by atoms with Crippen molar-refractivity contribution < 1.29 is 33.6 Å². The maximum atomic E-state index is 13.2. The number of nitro groups is 1. The number of hydrogen-bond donors (Lipinski definition) is 2. The number of rotatable bonds is 9. The van der Waals surface area contributed by atoms with E-state index in [1.165, 1.54) is 42.5 Å². The Bertz CT molecular complexity index is 1540. The molecule has 1 heterocycles. The van der Waals surface area contributed by atoms with Crippen LogP contribution in [0.3, 0.4) is 0 Å². The van der Waals surface area contributed by atoms with Crippen molar-refractivity contribution in [3.05, 3.63) is 93.0 Å². The minimum atomic E-state index is -1.04. The molecular weight excluding hydrogens is 544 g/mol. The molecule has 3 aromatic carbocycles. The molecule has 2 N–H and O–H groups in total. The van der Waals surface area contributed by atoms with Crippen molar-refractivity contribution >= 4 is 58.5 Å². The Labute approximate surface area is 232 Å². The number of nitrogens with zero attached hydrogens (tertiary/aromatic N) is 2. The lowest BCUT2D eigenvalue weighted by Gasteiger charge is -2.26. The molecule has 40 heavy (non-hydrogen) atoms. The van der Waals surface area contributed by atoms with E-state index in [2.05, 4.69) is 10.6 Å². The number of barbiturate groups is 1. The molecule has 1 saturated heterocycles. The zero-order valence-electron chi connectivity index (χ0n) is 20.9. The predicted molar refractivity (Wildman–Crippen MR) is 145 cm³/mol. The second-order valence-electron chi connectivity index (χ2n) is 8.22. The summed E-state index contributed by atoms with van der Waals surface area (Å²) in [6.45, 7) is 1.66. The number of carbonyl (C=O) groups excluding carboxylic acids is 4. The van der Waals surface area contributed by atoms with Crippen molar-refractivity contribution in [3.8, 4) is 11.5 Å². The summed E-state index contributed by atoms with van der Waals surface area (Å²) < 4.78 is 11.2. The summed E-state index contributed by atoms with van der Waals surface area (Å²) in [5, 5.41) is 16.4. The summed E-state index contributed by atoms with van der Waals surface area (Å²) in [4.78, 5) is 61.5. The van der Waals surface area contributed by atoms with E-state index in [4.69, 9.17) is 21.1 Å². The first kappa shape index (κ1) is 27.8. The number of carbonyl (C=O) groups is 4. The highest BCUT2D eigenvalue weighted by Crippen LogP contribution is 2.31. The minimum Gasteiger partial charge on any atom is -0.490 e. The Morgan fingerprint density at radius 3 is 2.50 bits per heavy atom. The van der Waals surface area contributed by atoms with Gasteiger partial charge in [-0.3, -0.25) is 29.8 Å². The molecule has 13 heteroatoms. The highest BCUT2D eigenvalue weighted by Gasteiger charge is 2.37. The van der Waals surface area contributed by atoms with Crippen LogP contribution in [0.15, 0.2) is 72.3 Å². The van der Waals surface area contributed by atoms with Crippen LogP contribution in [0.4, 0.5) is 21.9 Å². The van der Waals surface area contributed by atoms with Gasteiger partial charge in [0.05, 0.1) is 17.2 Å². The zero-order chi connectivity index (χ0) is 28.8. The molecule has 0 aliphatic carbocycles. The number of hydrogen-bond acceptors (Lipinski definition) is 8. The van der Waals surface area contributed by atoms with Crippen molar-refractivity contribution in [2.45, 2.75) is 6.92 Å². The Balaban J connectivity index is 1.54. The maximum absolute atomic E-state index is 13.2. The predicted octanol–water partition coefficient (Wildman–Crippen LogP) is 4.33. The van der Waals surface area contributed by atoms with E-state index in [1.807, 2.05) is 0 Å². The summed E-state index contributed by atoms with van der Waals surface area (Å²) in [7, 11) is 0. The number of benzene rings is 3. The summed E-state index contributed by atoms with van der Waals surface area (Å²) >= 11 is 5.85. The number of urea groups is 1. The molecule has 204 valence electrons. The number of non-ortho nitro benzene ring substituents is 1. The molecule has 12 nitrogen and oxygen atoms in total. The van der Waals surface area contributed by atoms with Crippen LogP contribution in [0.5, 0.6) is 11.5 Å². The summed E-state index contributed by atoms with van der Waals surface area (Å²) in [6.07, 6.45) is 1.24. The molecule has 4 rings (SSSR count). The van der Waals surface area contributed by atoms with Gasteiger partial charge in [-0.1, -0.05) is 23.7 Å². The van der Waals surface area contributed by atoms with Crippen molar-refractivity contribution in [2.75, 3.05) is 23.4 Å². The number of nitro benzene ring substituents is 1. The third kappa shape index (κ3) is 6.42. The largest absolute Gasteiger partial charge is 0.490 e. The van der Waals surface area contributed by atoms with E-state index in [-0.39, 0.29) is 41.7 Å². The molecule has 3 aromatic rings. The van der Waals surface area contributed by atoms with Gasteiger partial charge in [-0.2, -0.15) is 0 Å². The fourth-order valence-electron chi connectivity index (χ4n) is 3.68. The van der Waals surface area contributed by atoms with Crippen LogP contribution in [-0.2, 0) is 14.4 Å². The highest BCUT2D eigenvalue weighted by atomic mass is 35.5. The summed E-state index contributed by atoms with van der Waals surface area (Å²) in [5.74, 6) is -1.85. The Hall–Kier alpha value is -5.23. The number of anilines is 2. The Kier molecular flexibility index (Phi) is 8.40. The van der Waals surface area contributed by atoms with E-state index >= 15 is 0 Å². The van der Waals surface area contributed by atoms with E-state index in [9.17, 15) is 29.3 Å². The third-order valence-corrected chi connectivity index (χ3v) is 5.72. The van der Waals surface area contributed by atoms with Crippen LogP contribution in [0.1, 0.15) is 12.5 Å². The molecule has 0 saturated carbocycles. The van der Waals surface area contributed by atoms with Crippen molar-refractivity contribution in [1.29, 1.82) is 0 Å². The van der Waals surface area contributed by atoms with Gasteiger partial charge in [0.15, 0.2) is 18.1 Å². The van der Waals surface area contributed by atoms with Gasteiger partial charge < -0.3 is 14.8 Å². The van der Waals surface area contributed by atoms with Gasteiger partial charge in [0.1, 0.15) is 5.57 Å². The smallest absolute Gasteiger partial charge is 0.335 e. The van der Waals surface area contributed by atoms with E-state index in [0.29, 0.717) is 21.2 Å². The van der Waals surface area contributed by atoms with Crippen molar-refractivity contribution in [1.82, 2.24) is 5.32 Å². The molecule has 1 fully saturated rings. The molecule has 1 aliphatic rings. The molecule has 0 bridgehead atoms. The first-order valence-electron chi connectivity index (χ1n) is 11.8. The van der Waals surface area contributed by atoms with Gasteiger partial charge in [-0.05, 0) is 61.0 Å². The van der Waals surface area contributed by atoms with E-state index in [0.717, 1.165) is 6.07 Å². The van der Waals surface area contributed by atoms with Gasteiger partial charge in [0.25, 0.3) is 23.4 Å². The molecule has 0 radical (unpaired) electrons. The van der Waals surface area contributed by atoms with Crippen LogP contribution in [0.25, 0.3) is 6.08 Å². The molecule has 0 atom stereocenters. The third-order valence-electron chi connectivity index (χ3n) is 5.47. The van der Waals surface area contributed by atoms with E-state index in [1.54, 1.807) is 31.2 Å². The SMILES string of the molecule is CCOc1cc(/C=C2\C(=O)NC(=O)N(c3cccc([N+](=O)[O-])c3)C2=O)ccc1OCC(=O)Nc1ccc(Cl)cc1. The van der Waals surface area contributed by atoms with Gasteiger partial charge >= 0.3 is 6.03 Å². The maximum Gasteiger partial charge on any atom is 0.335 e. The normalized spacial score (nSPS) is 14.1. The molecule has 0 unspecified atom stereocenters. The Morgan fingerprint density at radius 1 is 1.05 bits per heavy atom. The molecule has 1 aliphatic heterocycles. The lowest BCUT2D eigenvalue weighted by atomic mass is 10.1. The summed E-state index contributed by atoms with van der Waals surface area (Å²) in [5.41, 5.74) is 0.0981. The van der Waals surface area contributed by atoms with Gasteiger partial charge in [-0.15, -0.1) is 0 Å². The number of amides is 5. The topological polar surface area (TPSA) is 157 Å². The number of imide groups is 2. The number of halogens is 1. The van der Waals surface area contributed by atoms with Gasteiger partial charge in [-0.25, -0.2) is 9.69 Å². The summed E-state index contributed by atoms with van der Waals surface area (Å²) in [6, 6.07) is 14.9. The lowest BCUT2D eigenvalue weighted by molar-refractivity contribution is -0.384. The van der Waals surface area contributed by atoms with Crippen LogP contribution < -0.4 is 25.0 Å². The molecule has 0 aromatic heterocycles. The van der Waals surface area contributed by atoms with Crippen LogP contribution in [0, 0.1) is 10.1 Å². The fraction of sp³-hybridized carbons (Fsp3) is 0.111. The van der Waals surface area contributed by atoms with Gasteiger partial charge in [0, 0.05) is 22.8 Å². The van der Waals surface area contributed by atoms with Crippen LogP contribution in [-0.4, -0.2) is 41.9 Å². The van der Waals surface area contributed by atoms with Crippen LogP contribution in [0.2, 0.25) is 5.02 Å². The number of ether oxygens (including phenoxy) is 2. The minimum absolute atomic E-state index is 0.0780. The monoisotopic (exact) mass is 564 g/mol. The molecule has 5 amide bonds. The lowest BCUT2D eigenvalue weighted by Crippen LogP contribution is -2.54. The second-order valence-corrected chi connectivity index (χ2v) is 8.65. The fourth-order valence-corrected chi connectivity index (χ4v) is 3.81. The van der Waals surface area contributed by atoms with Crippen molar-refractivity contribution in [2.24, 2.45) is 0 Å². The standard InChI is InChI=1S/C27H21ClN4O8/c1-2-39-23-13-16(6-11-22(23)40-15-24(33)29-18-9-7-17(28)8-10-18)12-21-25(34)30-27(36)31(26(21)35)19-4-3-5-20(14-19)32(37)38/h3-14H,2,15H2,1H3,(H,29,33)(H,30,34,36)/b21-12+. The first-order valence-corrected chi connectivity index (χ1v) is 12.1.